The number of rotatable bonds is 6. The minimum absolute atomic E-state index is 0.0723. The second kappa shape index (κ2) is 9.05. The van der Waals surface area contributed by atoms with Crippen LogP contribution in [0.15, 0.2) is 34.4 Å². The summed E-state index contributed by atoms with van der Waals surface area (Å²) in [6.45, 7) is 4.11. The first-order valence-corrected chi connectivity index (χ1v) is 11.6. The van der Waals surface area contributed by atoms with Crippen LogP contribution < -0.4 is 10.9 Å². The Bertz CT molecular complexity index is 1390. The molecule has 0 radical (unpaired) electrons. The maximum absolute atomic E-state index is 13.4. The smallest absolute Gasteiger partial charge is 0.268 e. The van der Waals surface area contributed by atoms with Gasteiger partial charge >= 0.3 is 0 Å². The van der Waals surface area contributed by atoms with Crippen LogP contribution in [0.3, 0.4) is 0 Å². The molecule has 1 N–H and O–H groups in total. The SMILES string of the molecule is Cc1cc(-c2c(C)nc3scc(CC(=O)NCCc4ccc(Cl)cc4Cl)n3c2=O)n(C)n1. The molecule has 32 heavy (non-hydrogen) atoms. The van der Waals surface area contributed by atoms with Gasteiger partial charge in [-0.1, -0.05) is 29.3 Å². The Hall–Kier alpha value is -2.68. The van der Waals surface area contributed by atoms with Crippen molar-refractivity contribution in [2.45, 2.75) is 26.7 Å². The number of aryl methyl sites for hydroxylation is 3. The van der Waals surface area contributed by atoms with Gasteiger partial charge in [-0.25, -0.2) is 4.98 Å². The van der Waals surface area contributed by atoms with Crippen molar-refractivity contribution >= 4 is 45.4 Å². The fraction of sp³-hybridized carbons (Fsp3) is 0.273. The van der Waals surface area contributed by atoms with Crippen LogP contribution in [0.5, 0.6) is 0 Å². The molecule has 0 spiro atoms. The van der Waals surface area contributed by atoms with Crippen LogP contribution in [0, 0.1) is 13.8 Å². The normalized spacial score (nSPS) is 11.3. The summed E-state index contributed by atoms with van der Waals surface area (Å²) < 4.78 is 3.19. The van der Waals surface area contributed by atoms with Gasteiger partial charge in [-0.05, 0) is 44.0 Å². The van der Waals surface area contributed by atoms with Crippen molar-refractivity contribution < 1.29 is 4.79 Å². The van der Waals surface area contributed by atoms with Gasteiger partial charge in [0.15, 0.2) is 4.96 Å². The van der Waals surface area contributed by atoms with Gasteiger partial charge in [0.2, 0.25) is 5.91 Å². The van der Waals surface area contributed by atoms with Crippen LogP contribution in [0.1, 0.15) is 22.6 Å². The Labute approximate surface area is 198 Å². The molecule has 0 unspecified atom stereocenters. The molecule has 3 heterocycles. The highest BCUT2D eigenvalue weighted by atomic mass is 35.5. The summed E-state index contributed by atoms with van der Waals surface area (Å²) in [5, 5.41) is 10.2. The van der Waals surface area contributed by atoms with E-state index in [1.807, 2.05) is 26.0 Å². The number of hydrogen-bond acceptors (Lipinski definition) is 5. The van der Waals surface area contributed by atoms with Crippen LogP contribution in [0.25, 0.3) is 16.2 Å². The Kier molecular flexibility index (Phi) is 6.37. The van der Waals surface area contributed by atoms with Gasteiger partial charge in [0.05, 0.1) is 29.1 Å². The molecule has 0 aliphatic rings. The Morgan fingerprint density at radius 2 is 2.00 bits per heavy atom. The largest absolute Gasteiger partial charge is 0.355 e. The summed E-state index contributed by atoms with van der Waals surface area (Å²) in [5.41, 5.74) is 3.95. The zero-order valence-electron chi connectivity index (χ0n) is 17.8. The Morgan fingerprint density at radius 3 is 2.69 bits per heavy atom. The minimum atomic E-state index is -0.201. The Morgan fingerprint density at radius 1 is 1.22 bits per heavy atom. The molecule has 0 atom stereocenters. The van der Waals surface area contributed by atoms with Crippen LogP contribution >= 0.6 is 34.5 Å². The topological polar surface area (TPSA) is 81.3 Å². The molecule has 0 bridgehead atoms. The highest BCUT2D eigenvalue weighted by Crippen LogP contribution is 2.23. The molecular weight excluding hydrogens is 469 g/mol. The molecule has 0 saturated heterocycles. The van der Waals surface area contributed by atoms with E-state index in [2.05, 4.69) is 15.4 Å². The number of nitrogens with one attached hydrogen (secondary N) is 1. The zero-order chi connectivity index (χ0) is 23.0. The number of aromatic nitrogens is 4. The first-order chi connectivity index (χ1) is 15.2. The average Bonchev–Trinajstić information content (AvgIpc) is 3.26. The number of thiazole rings is 1. The fourth-order valence-electron chi connectivity index (χ4n) is 3.66. The van der Waals surface area contributed by atoms with Crippen molar-refractivity contribution in [1.29, 1.82) is 0 Å². The molecule has 10 heteroatoms. The third-order valence-corrected chi connectivity index (χ3v) is 6.61. The quantitative estimate of drug-likeness (QED) is 0.444. The number of nitrogens with zero attached hydrogens (tertiary/aromatic N) is 4. The van der Waals surface area contributed by atoms with Gasteiger partial charge in [0.25, 0.3) is 5.56 Å². The average molecular weight is 490 g/mol. The minimum Gasteiger partial charge on any atom is -0.355 e. The second-order valence-corrected chi connectivity index (χ2v) is 9.21. The van der Waals surface area contributed by atoms with Crippen molar-refractivity contribution in [2.75, 3.05) is 6.54 Å². The van der Waals surface area contributed by atoms with Crippen molar-refractivity contribution in [3.05, 3.63) is 72.7 Å². The van der Waals surface area contributed by atoms with Crippen molar-refractivity contribution in [2.24, 2.45) is 7.05 Å². The lowest BCUT2D eigenvalue weighted by molar-refractivity contribution is -0.120. The predicted octanol–water partition coefficient (Wildman–Crippen LogP) is 3.98. The summed E-state index contributed by atoms with van der Waals surface area (Å²) in [7, 11) is 1.80. The molecule has 1 aromatic carbocycles. The lowest BCUT2D eigenvalue weighted by Crippen LogP contribution is -2.29. The highest BCUT2D eigenvalue weighted by Gasteiger charge is 2.19. The molecule has 0 fully saturated rings. The molecule has 4 aromatic rings. The van der Waals surface area contributed by atoms with Gasteiger partial charge in [-0.2, -0.15) is 5.10 Å². The van der Waals surface area contributed by atoms with Crippen LogP contribution in [0.4, 0.5) is 0 Å². The standard InChI is InChI=1S/C22H21Cl2N5O2S/c1-12-8-18(28(3)27-12)20-13(2)26-22-29(21(20)31)16(11-32-22)10-19(30)25-7-6-14-4-5-15(23)9-17(14)24/h4-5,8-9,11H,6-7,10H2,1-3H3,(H,25,30). The van der Waals surface area contributed by atoms with Crippen LogP contribution in [-0.2, 0) is 24.7 Å². The lowest BCUT2D eigenvalue weighted by Gasteiger charge is -2.09. The van der Waals surface area contributed by atoms with Crippen molar-refractivity contribution in [1.82, 2.24) is 24.5 Å². The monoisotopic (exact) mass is 489 g/mol. The number of carbonyl (C=O) groups is 1. The maximum atomic E-state index is 13.4. The number of hydrogen-bond donors (Lipinski definition) is 1. The number of carbonyl (C=O) groups excluding carboxylic acids is 1. The molecule has 0 aliphatic heterocycles. The summed E-state index contributed by atoms with van der Waals surface area (Å²) in [5.74, 6) is -0.180. The Balaban J connectivity index is 1.54. The fourth-order valence-corrected chi connectivity index (χ4v) is 5.09. The van der Waals surface area contributed by atoms with E-state index in [0.29, 0.717) is 50.6 Å². The molecule has 166 valence electrons. The molecule has 3 aromatic heterocycles. The van der Waals surface area contributed by atoms with Gasteiger partial charge in [0.1, 0.15) is 0 Å². The second-order valence-electron chi connectivity index (χ2n) is 7.53. The number of fused-ring (bicyclic) bond motifs is 1. The molecule has 0 aliphatic carbocycles. The van der Waals surface area contributed by atoms with E-state index in [-0.39, 0.29) is 17.9 Å². The number of halogens is 2. The van der Waals surface area contributed by atoms with E-state index in [9.17, 15) is 9.59 Å². The van der Waals surface area contributed by atoms with Gasteiger partial charge in [0, 0.05) is 34.7 Å². The van der Waals surface area contributed by atoms with Gasteiger partial charge in [-0.15, -0.1) is 11.3 Å². The summed E-state index contributed by atoms with van der Waals surface area (Å²) >= 11 is 13.4. The summed E-state index contributed by atoms with van der Waals surface area (Å²) in [6.07, 6.45) is 0.652. The molecular formula is C22H21Cl2N5O2S. The van der Waals surface area contributed by atoms with E-state index in [1.54, 1.807) is 29.2 Å². The third-order valence-electron chi connectivity index (χ3n) is 5.15. The third kappa shape index (κ3) is 4.44. The molecule has 1 amide bonds. The number of benzene rings is 1. The zero-order valence-corrected chi connectivity index (χ0v) is 20.1. The van der Waals surface area contributed by atoms with Crippen LogP contribution in [0.2, 0.25) is 10.0 Å². The molecule has 4 rings (SSSR count). The van der Waals surface area contributed by atoms with Crippen molar-refractivity contribution in [3.8, 4) is 11.3 Å². The van der Waals surface area contributed by atoms with E-state index in [1.165, 1.54) is 15.7 Å². The van der Waals surface area contributed by atoms with E-state index in [0.717, 1.165) is 11.3 Å². The van der Waals surface area contributed by atoms with Gasteiger partial charge < -0.3 is 5.32 Å². The number of amides is 1. The first kappa shape index (κ1) is 22.5. The lowest BCUT2D eigenvalue weighted by atomic mass is 10.1. The van der Waals surface area contributed by atoms with E-state index >= 15 is 0 Å². The molecule has 0 saturated carbocycles. The van der Waals surface area contributed by atoms with Crippen LogP contribution in [-0.4, -0.2) is 31.6 Å². The summed E-state index contributed by atoms with van der Waals surface area (Å²) in [6, 6.07) is 7.15. The molecule has 7 nitrogen and oxygen atoms in total. The maximum Gasteiger partial charge on any atom is 0.268 e. The van der Waals surface area contributed by atoms with E-state index in [4.69, 9.17) is 23.2 Å². The van der Waals surface area contributed by atoms with Crippen molar-refractivity contribution in [3.63, 3.8) is 0 Å². The first-order valence-electron chi connectivity index (χ1n) is 9.96. The van der Waals surface area contributed by atoms with Gasteiger partial charge in [-0.3, -0.25) is 18.7 Å². The summed E-state index contributed by atoms with van der Waals surface area (Å²) in [4.78, 5) is 31.1. The van der Waals surface area contributed by atoms with E-state index < -0.39 is 0 Å². The predicted molar refractivity (Wildman–Crippen MR) is 128 cm³/mol. The highest BCUT2D eigenvalue weighted by molar-refractivity contribution is 7.15.